The van der Waals surface area contributed by atoms with Crippen molar-refractivity contribution in [3.63, 3.8) is 0 Å². The van der Waals surface area contributed by atoms with Crippen LogP contribution in [0.5, 0.6) is 5.75 Å². The molecule has 0 atom stereocenters. The molecule has 0 unspecified atom stereocenters. The Morgan fingerprint density at radius 1 is 1.33 bits per heavy atom. The standard InChI is InChI=1S/C15H16N2O3S/c1-2-10-7-8-13(20-10)15(18)17-11-5-3-4-6-12(11)19-9-14(16)21/h3-8H,2,9H2,1H3,(H2,16,21)(H,17,18). The van der Waals surface area contributed by atoms with Gasteiger partial charge in [-0.15, -0.1) is 0 Å². The second kappa shape index (κ2) is 6.90. The van der Waals surface area contributed by atoms with Crippen LogP contribution in [0.3, 0.4) is 0 Å². The van der Waals surface area contributed by atoms with Crippen LogP contribution in [-0.4, -0.2) is 17.5 Å². The number of para-hydroxylation sites is 2. The van der Waals surface area contributed by atoms with Crippen LogP contribution >= 0.6 is 12.2 Å². The van der Waals surface area contributed by atoms with E-state index in [2.05, 4.69) is 5.32 Å². The van der Waals surface area contributed by atoms with Gasteiger partial charge in [0.2, 0.25) is 0 Å². The highest BCUT2D eigenvalue weighted by Crippen LogP contribution is 2.24. The Labute approximate surface area is 128 Å². The molecule has 1 amide bonds. The molecule has 1 heterocycles. The smallest absolute Gasteiger partial charge is 0.291 e. The summed E-state index contributed by atoms with van der Waals surface area (Å²) in [7, 11) is 0. The van der Waals surface area contributed by atoms with Crippen molar-refractivity contribution < 1.29 is 13.9 Å². The topological polar surface area (TPSA) is 77.5 Å². The SMILES string of the molecule is CCc1ccc(C(=O)Nc2ccccc2OCC(N)=S)o1. The first-order valence-electron chi connectivity index (χ1n) is 6.50. The van der Waals surface area contributed by atoms with Gasteiger partial charge in [-0.2, -0.15) is 0 Å². The van der Waals surface area contributed by atoms with Crippen molar-refractivity contribution in [3.8, 4) is 5.75 Å². The Morgan fingerprint density at radius 2 is 2.10 bits per heavy atom. The number of ether oxygens (including phenoxy) is 1. The van der Waals surface area contributed by atoms with Gasteiger partial charge >= 0.3 is 0 Å². The third-order valence-electron chi connectivity index (χ3n) is 2.74. The predicted molar refractivity (Wildman–Crippen MR) is 84.8 cm³/mol. The second-order valence-electron chi connectivity index (χ2n) is 4.32. The highest BCUT2D eigenvalue weighted by atomic mass is 32.1. The molecule has 0 saturated carbocycles. The fraction of sp³-hybridized carbons (Fsp3) is 0.200. The molecule has 110 valence electrons. The maximum absolute atomic E-state index is 12.1. The van der Waals surface area contributed by atoms with Crippen LogP contribution in [0.2, 0.25) is 0 Å². The maximum atomic E-state index is 12.1. The first kappa shape index (κ1) is 15.1. The van der Waals surface area contributed by atoms with E-state index in [1.165, 1.54) is 0 Å². The summed E-state index contributed by atoms with van der Waals surface area (Å²) in [6, 6.07) is 10.5. The lowest BCUT2D eigenvalue weighted by molar-refractivity contribution is 0.0994. The summed E-state index contributed by atoms with van der Waals surface area (Å²) >= 11 is 4.77. The molecular formula is C15H16N2O3S. The van der Waals surface area contributed by atoms with E-state index in [0.29, 0.717) is 11.4 Å². The molecule has 0 radical (unpaired) electrons. The highest BCUT2D eigenvalue weighted by Gasteiger charge is 2.13. The molecule has 0 aliphatic carbocycles. The van der Waals surface area contributed by atoms with Crippen LogP contribution in [0.25, 0.3) is 0 Å². The van der Waals surface area contributed by atoms with Crippen molar-refractivity contribution in [1.29, 1.82) is 0 Å². The van der Waals surface area contributed by atoms with E-state index in [0.717, 1.165) is 12.2 Å². The van der Waals surface area contributed by atoms with E-state index in [-0.39, 0.29) is 23.3 Å². The second-order valence-corrected chi connectivity index (χ2v) is 4.85. The van der Waals surface area contributed by atoms with Gasteiger partial charge in [-0.25, -0.2) is 0 Å². The van der Waals surface area contributed by atoms with Gasteiger partial charge in [-0.1, -0.05) is 31.3 Å². The van der Waals surface area contributed by atoms with Crippen LogP contribution < -0.4 is 15.8 Å². The number of nitrogens with one attached hydrogen (secondary N) is 1. The largest absolute Gasteiger partial charge is 0.484 e. The van der Waals surface area contributed by atoms with Gasteiger partial charge in [0.15, 0.2) is 5.76 Å². The Hall–Kier alpha value is -2.34. The van der Waals surface area contributed by atoms with Crippen LogP contribution in [0.1, 0.15) is 23.2 Å². The summed E-state index contributed by atoms with van der Waals surface area (Å²) < 4.78 is 10.9. The van der Waals surface area contributed by atoms with Gasteiger partial charge in [0.05, 0.1) is 5.69 Å². The summed E-state index contributed by atoms with van der Waals surface area (Å²) in [4.78, 5) is 12.4. The van der Waals surface area contributed by atoms with Crippen molar-refractivity contribution >= 4 is 28.8 Å². The first-order chi connectivity index (χ1) is 10.1. The average molecular weight is 304 g/mol. The van der Waals surface area contributed by atoms with Crippen molar-refractivity contribution in [2.75, 3.05) is 11.9 Å². The van der Waals surface area contributed by atoms with Crippen LogP contribution in [-0.2, 0) is 6.42 Å². The number of amides is 1. The molecule has 0 aliphatic heterocycles. The van der Waals surface area contributed by atoms with E-state index in [4.69, 9.17) is 27.1 Å². The number of nitrogens with two attached hydrogens (primary N) is 1. The normalized spacial score (nSPS) is 10.1. The Morgan fingerprint density at radius 3 is 2.76 bits per heavy atom. The van der Waals surface area contributed by atoms with Gasteiger partial charge in [0.1, 0.15) is 23.1 Å². The lowest BCUT2D eigenvalue weighted by atomic mass is 10.3. The Balaban J connectivity index is 2.11. The number of rotatable bonds is 6. The number of aryl methyl sites for hydroxylation is 1. The van der Waals surface area contributed by atoms with Gasteiger partial charge in [0.25, 0.3) is 5.91 Å². The first-order valence-corrected chi connectivity index (χ1v) is 6.91. The number of carbonyl (C=O) groups is 1. The lowest BCUT2D eigenvalue weighted by Gasteiger charge is -2.11. The van der Waals surface area contributed by atoms with E-state index in [1.54, 1.807) is 36.4 Å². The lowest BCUT2D eigenvalue weighted by Crippen LogP contribution is -2.19. The predicted octanol–water partition coefficient (Wildman–Crippen LogP) is 2.76. The molecule has 2 aromatic rings. The van der Waals surface area contributed by atoms with E-state index in [1.807, 2.05) is 6.92 Å². The Kier molecular flexibility index (Phi) is 4.94. The van der Waals surface area contributed by atoms with Crippen LogP contribution in [0, 0.1) is 0 Å². The number of anilines is 1. The van der Waals surface area contributed by atoms with Gasteiger partial charge in [0, 0.05) is 6.42 Å². The zero-order chi connectivity index (χ0) is 15.2. The van der Waals surface area contributed by atoms with E-state index >= 15 is 0 Å². The van der Waals surface area contributed by atoms with Crippen molar-refractivity contribution in [3.05, 3.63) is 47.9 Å². The quantitative estimate of drug-likeness (QED) is 0.802. The van der Waals surface area contributed by atoms with Gasteiger partial charge in [-0.05, 0) is 24.3 Å². The minimum absolute atomic E-state index is 0.114. The molecule has 0 saturated heterocycles. The van der Waals surface area contributed by atoms with E-state index in [9.17, 15) is 4.79 Å². The maximum Gasteiger partial charge on any atom is 0.291 e. The fourth-order valence-corrected chi connectivity index (χ4v) is 1.78. The number of carbonyl (C=O) groups excluding carboxylic acids is 1. The van der Waals surface area contributed by atoms with E-state index < -0.39 is 0 Å². The molecule has 0 fully saturated rings. The Bertz CT molecular complexity index is 652. The third-order valence-corrected chi connectivity index (χ3v) is 2.86. The minimum Gasteiger partial charge on any atom is -0.484 e. The molecule has 6 heteroatoms. The van der Waals surface area contributed by atoms with Crippen molar-refractivity contribution in [1.82, 2.24) is 0 Å². The highest BCUT2D eigenvalue weighted by molar-refractivity contribution is 7.80. The number of furan rings is 1. The molecular weight excluding hydrogens is 288 g/mol. The van der Waals surface area contributed by atoms with Crippen molar-refractivity contribution in [2.24, 2.45) is 5.73 Å². The molecule has 21 heavy (non-hydrogen) atoms. The fourth-order valence-electron chi connectivity index (χ4n) is 1.72. The molecule has 3 N–H and O–H groups in total. The van der Waals surface area contributed by atoms with Crippen LogP contribution in [0.15, 0.2) is 40.8 Å². The molecule has 2 rings (SSSR count). The summed E-state index contributed by atoms with van der Waals surface area (Å²) in [6.07, 6.45) is 0.737. The monoisotopic (exact) mass is 304 g/mol. The third kappa shape index (κ3) is 4.06. The molecule has 1 aromatic heterocycles. The number of hydrogen-bond acceptors (Lipinski definition) is 4. The summed E-state index contributed by atoms with van der Waals surface area (Å²) in [5.74, 6) is 1.19. The average Bonchev–Trinajstić information content (AvgIpc) is 2.95. The minimum atomic E-state index is -0.332. The van der Waals surface area contributed by atoms with Crippen molar-refractivity contribution in [2.45, 2.75) is 13.3 Å². The molecule has 0 aliphatic rings. The number of thiocarbonyl (C=S) groups is 1. The molecule has 5 nitrogen and oxygen atoms in total. The molecule has 1 aromatic carbocycles. The summed E-state index contributed by atoms with van der Waals surface area (Å²) in [5.41, 5.74) is 5.94. The summed E-state index contributed by atoms with van der Waals surface area (Å²) in [5, 5.41) is 2.75. The molecule has 0 bridgehead atoms. The number of hydrogen-bond donors (Lipinski definition) is 2. The zero-order valence-corrected chi connectivity index (χ0v) is 12.4. The zero-order valence-electron chi connectivity index (χ0n) is 11.6. The van der Waals surface area contributed by atoms with Crippen LogP contribution in [0.4, 0.5) is 5.69 Å². The van der Waals surface area contributed by atoms with Gasteiger partial charge in [-0.3, -0.25) is 4.79 Å². The molecule has 0 spiro atoms. The van der Waals surface area contributed by atoms with Gasteiger partial charge < -0.3 is 20.2 Å². The number of benzene rings is 1. The summed E-state index contributed by atoms with van der Waals surface area (Å²) in [6.45, 7) is 2.07.